The molecule has 0 saturated heterocycles. The maximum absolute atomic E-state index is 5.92. The summed E-state index contributed by atoms with van der Waals surface area (Å²) in [6.45, 7) is 7.62. The van der Waals surface area contributed by atoms with E-state index < -0.39 is 0 Å². The van der Waals surface area contributed by atoms with E-state index in [9.17, 15) is 0 Å². The zero-order valence-electron chi connectivity index (χ0n) is 17.2. The Bertz CT molecular complexity index is 798. The number of hydrogen-bond donors (Lipinski definition) is 1. The fraction of sp³-hybridized carbons (Fsp3) is 0.571. The van der Waals surface area contributed by atoms with Crippen molar-refractivity contribution in [1.29, 1.82) is 0 Å². The second-order valence-electron chi connectivity index (χ2n) is 6.65. The number of ether oxygens (including phenoxy) is 2. The molecule has 2 aromatic rings. The Hall–Kier alpha value is -2.15. The molecule has 0 fully saturated rings. The molecule has 28 heavy (non-hydrogen) atoms. The maximum atomic E-state index is 5.92. The highest BCUT2D eigenvalue weighted by molar-refractivity contribution is 7.71. The molecule has 7 heteroatoms. The first-order valence-corrected chi connectivity index (χ1v) is 10.7. The third-order valence-electron chi connectivity index (χ3n) is 4.32. The number of aryl methyl sites for hydroxylation is 1. The first-order chi connectivity index (χ1) is 13.7. The van der Waals surface area contributed by atoms with Crippen LogP contribution in [0.1, 0.15) is 70.7 Å². The number of aromatic amines is 1. The first-order valence-electron chi connectivity index (χ1n) is 10.3. The minimum atomic E-state index is 0.499. The van der Waals surface area contributed by atoms with Crippen molar-refractivity contribution in [1.82, 2.24) is 14.9 Å². The number of hydrogen-bond acceptors (Lipinski definition) is 5. The molecule has 0 aliphatic carbocycles. The van der Waals surface area contributed by atoms with E-state index in [2.05, 4.69) is 29.1 Å². The minimum Gasteiger partial charge on any atom is -0.490 e. The summed E-state index contributed by atoms with van der Waals surface area (Å²) in [5.74, 6) is 2.36. The first kappa shape index (κ1) is 22.1. The molecule has 0 saturated carbocycles. The van der Waals surface area contributed by atoms with Crippen molar-refractivity contribution >= 4 is 18.4 Å². The zero-order chi connectivity index (χ0) is 20.2. The van der Waals surface area contributed by atoms with Gasteiger partial charge in [-0.2, -0.15) is 14.9 Å². The molecule has 6 nitrogen and oxygen atoms in total. The van der Waals surface area contributed by atoms with Crippen molar-refractivity contribution < 1.29 is 9.47 Å². The van der Waals surface area contributed by atoms with Gasteiger partial charge in [-0.3, -0.25) is 5.10 Å². The summed E-state index contributed by atoms with van der Waals surface area (Å²) in [4.78, 5) is 0. The van der Waals surface area contributed by atoms with Crippen LogP contribution in [-0.2, 0) is 6.42 Å². The quantitative estimate of drug-likeness (QED) is 0.271. The lowest BCUT2D eigenvalue weighted by Gasteiger charge is -2.12. The number of rotatable bonds is 13. The monoisotopic (exact) mass is 404 g/mol. The van der Waals surface area contributed by atoms with Crippen LogP contribution in [0.25, 0.3) is 0 Å². The van der Waals surface area contributed by atoms with Crippen LogP contribution in [0, 0.1) is 4.77 Å². The highest BCUT2D eigenvalue weighted by atomic mass is 32.1. The van der Waals surface area contributed by atoms with Gasteiger partial charge in [0, 0.05) is 6.42 Å². The van der Waals surface area contributed by atoms with Crippen LogP contribution < -0.4 is 9.47 Å². The highest BCUT2D eigenvalue weighted by Crippen LogP contribution is 2.28. The van der Waals surface area contributed by atoms with Gasteiger partial charge in [0.15, 0.2) is 17.3 Å². The highest BCUT2D eigenvalue weighted by Gasteiger charge is 2.07. The van der Waals surface area contributed by atoms with Crippen molar-refractivity contribution in [2.45, 2.75) is 65.7 Å². The predicted octanol–water partition coefficient (Wildman–Crippen LogP) is 5.52. The number of nitrogens with zero attached hydrogens (tertiary/aromatic N) is 3. The molecular weight excluding hydrogens is 372 g/mol. The lowest BCUT2D eigenvalue weighted by Crippen LogP contribution is -2.02. The molecule has 1 aromatic carbocycles. The standard InChI is InChI=1S/C21H32N4O2S/c1-4-7-9-10-14-27-18-13-12-17(15-19(18)26-6-3)16-22-25-20(11-8-5-2)23-24-21(25)28/h12-13,15-16H,4-11,14H2,1-3H3,(H,24,28)/b22-16+. The fourth-order valence-electron chi connectivity index (χ4n) is 2.77. The molecule has 1 heterocycles. The van der Waals surface area contributed by atoms with E-state index in [1.165, 1.54) is 19.3 Å². The molecule has 154 valence electrons. The molecule has 0 aliphatic rings. The van der Waals surface area contributed by atoms with Gasteiger partial charge in [0.05, 0.1) is 19.4 Å². The lowest BCUT2D eigenvalue weighted by atomic mass is 10.2. The Morgan fingerprint density at radius 1 is 1.07 bits per heavy atom. The van der Waals surface area contributed by atoms with Crippen LogP contribution in [0.5, 0.6) is 11.5 Å². The summed E-state index contributed by atoms with van der Waals surface area (Å²) in [6, 6.07) is 5.87. The van der Waals surface area contributed by atoms with Gasteiger partial charge < -0.3 is 9.47 Å². The Kier molecular flexibility index (Phi) is 9.76. The summed E-state index contributed by atoms with van der Waals surface area (Å²) in [7, 11) is 0. The van der Waals surface area contributed by atoms with E-state index in [0.717, 1.165) is 48.6 Å². The predicted molar refractivity (Wildman–Crippen MR) is 116 cm³/mol. The summed E-state index contributed by atoms with van der Waals surface area (Å²) < 4.78 is 13.9. The molecule has 0 atom stereocenters. The Morgan fingerprint density at radius 2 is 1.89 bits per heavy atom. The van der Waals surface area contributed by atoms with Gasteiger partial charge in [-0.1, -0.05) is 39.5 Å². The van der Waals surface area contributed by atoms with Crippen molar-refractivity contribution in [3.63, 3.8) is 0 Å². The van der Waals surface area contributed by atoms with Crippen molar-refractivity contribution in [3.05, 3.63) is 34.4 Å². The number of H-pyrrole nitrogens is 1. The number of aromatic nitrogens is 3. The molecule has 0 bridgehead atoms. The summed E-state index contributed by atoms with van der Waals surface area (Å²) in [6.07, 6.45) is 9.48. The SMILES string of the molecule is CCCCCCOc1ccc(/C=N/n2c(CCCC)n[nH]c2=S)cc1OCC. The van der Waals surface area contributed by atoms with Gasteiger partial charge >= 0.3 is 0 Å². The van der Waals surface area contributed by atoms with E-state index in [0.29, 0.717) is 18.0 Å². The van der Waals surface area contributed by atoms with Crippen LogP contribution in [0.4, 0.5) is 0 Å². The number of unbranched alkanes of at least 4 members (excludes halogenated alkanes) is 4. The molecular formula is C21H32N4O2S. The van der Waals surface area contributed by atoms with Crippen molar-refractivity contribution in [2.24, 2.45) is 5.10 Å². The van der Waals surface area contributed by atoms with Crippen LogP contribution in [0.3, 0.4) is 0 Å². The van der Waals surface area contributed by atoms with Crippen LogP contribution >= 0.6 is 12.2 Å². The summed E-state index contributed by atoms with van der Waals surface area (Å²) in [5.41, 5.74) is 0.923. The molecule has 1 aromatic heterocycles. The van der Waals surface area contributed by atoms with E-state index in [1.54, 1.807) is 10.9 Å². The number of nitrogens with one attached hydrogen (secondary N) is 1. The van der Waals surface area contributed by atoms with Gasteiger partial charge in [0.1, 0.15) is 0 Å². The zero-order valence-corrected chi connectivity index (χ0v) is 18.1. The van der Waals surface area contributed by atoms with Crippen LogP contribution in [-0.4, -0.2) is 34.3 Å². The third kappa shape index (κ3) is 6.78. The molecule has 2 rings (SSSR count). The van der Waals surface area contributed by atoms with Gasteiger partial charge in [0.2, 0.25) is 4.77 Å². The second-order valence-corrected chi connectivity index (χ2v) is 7.04. The van der Waals surface area contributed by atoms with Crippen molar-refractivity contribution in [2.75, 3.05) is 13.2 Å². The maximum Gasteiger partial charge on any atom is 0.216 e. The average Bonchev–Trinajstić information content (AvgIpc) is 3.05. The summed E-state index contributed by atoms with van der Waals surface area (Å²) >= 11 is 5.29. The van der Waals surface area contributed by atoms with Crippen LogP contribution in [0.2, 0.25) is 0 Å². The average molecular weight is 405 g/mol. The van der Waals surface area contributed by atoms with Gasteiger partial charge in [0.25, 0.3) is 0 Å². The lowest BCUT2D eigenvalue weighted by molar-refractivity contribution is 0.270. The molecule has 0 radical (unpaired) electrons. The summed E-state index contributed by atoms with van der Waals surface area (Å²) in [5, 5.41) is 11.6. The topological polar surface area (TPSA) is 64.4 Å². The van der Waals surface area contributed by atoms with Gasteiger partial charge in [-0.25, -0.2) is 0 Å². The fourth-order valence-corrected chi connectivity index (χ4v) is 2.97. The Balaban J connectivity index is 2.09. The minimum absolute atomic E-state index is 0.499. The number of benzene rings is 1. The molecule has 0 amide bonds. The third-order valence-corrected chi connectivity index (χ3v) is 4.58. The van der Waals surface area contributed by atoms with Crippen LogP contribution in [0.15, 0.2) is 23.3 Å². The molecule has 0 aliphatic heterocycles. The van der Waals surface area contributed by atoms with Gasteiger partial charge in [-0.05, 0) is 55.7 Å². The molecule has 0 unspecified atom stereocenters. The smallest absolute Gasteiger partial charge is 0.216 e. The van der Waals surface area contributed by atoms with E-state index in [4.69, 9.17) is 21.7 Å². The Labute approximate surface area is 173 Å². The molecule has 1 N–H and O–H groups in total. The van der Waals surface area contributed by atoms with Gasteiger partial charge in [-0.15, -0.1) is 0 Å². The normalized spacial score (nSPS) is 11.2. The second kappa shape index (κ2) is 12.3. The largest absolute Gasteiger partial charge is 0.490 e. The van der Waals surface area contributed by atoms with E-state index >= 15 is 0 Å². The van der Waals surface area contributed by atoms with Crippen molar-refractivity contribution in [3.8, 4) is 11.5 Å². The molecule has 0 spiro atoms. The van der Waals surface area contributed by atoms with E-state index in [-0.39, 0.29) is 0 Å². The Morgan fingerprint density at radius 3 is 2.64 bits per heavy atom. The van der Waals surface area contributed by atoms with E-state index in [1.807, 2.05) is 25.1 Å².